The highest BCUT2D eigenvalue weighted by Gasteiger charge is 2.34. The summed E-state index contributed by atoms with van der Waals surface area (Å²) in [7, 11) is 4.56. The van der Waals surface area contributed by atoms with Crippen LogP contribution in [-0.2, 0) is 0 Å². The van der Waals surface area contributed by atoms with Gasteiger partial charge in [0.25, 0.3) is 5.91 Å². The van der Waals surface area contributed by atoms with E-state index >= 15 is 0 Å². The van der Waals surface area contributed by atoms with Gasteiger partial charge in [-0.2, -0.15) is 0 Å². The van der Waals surface area contributed by atoms with Crippen molar-refractivity contribution in [3.05, 3.63) is 40.5 Å². The number of pyridine rings is 1. The maximum atomic E-state index is 12.7. The van der Waals surface area contributed by atoms with Gasteiger partial charge in [0, 0.05) is 11.8 Å². The van der Waals surface area contributed by atoms with Crippen LogP contribution in [0.1, 0.15) is 10.4 Å². The number of methoxy groups -OCH3 is 3. The number of carbonyl (C=O) groups excluding carboxylic acids is 1. The van der Waals surface area contributed by atoms with Crippen LogP contribution in [0.2, 0.25) is 0 Å². The fraction of sp³-hybridized carbons (Fsp3) is 0.333. The molecule has 138 valence electrons. The Hall–Kier alpha value is -2.48. The van der Waals surface area contributed by atoms with E-state index in [1.807, 2.05) is 12.1 Å². The molecule has 1 fully saturated rings. The molecule has 2 aromatic rings. The van der Waals surface area contributed by atoms with Crippen LogP contribution in [0.5, 0.6) is 23.1 Å². The minimum atomic E-state index is -0.121. The second-order valence-corrected chi connectivity index (χ2v) is 6.51. The molecule has 0 N–H and O–H groups in total. The predicted octanol–water partition coefficient (Wildman–Crippen LogP) is 2.77. The van der Waals surface area contributed by atoms with Crippen molar-refractivity contribution in [3.63, 3.8) is 0 Å². The summed E-state index contributed by atoms with van der Waals surface area (Å²) in [6.07, 6.45) is 1.57. The highest BCUT2D eigenvalue weighted by atomic mass is 79.9. The summed E-state index contributed by atoms with van der Waals surface area (Å²) in [6.45, 7) is 0.969. The number of aromatic nitrogens is 1. The highest BCUT2D eigenvalue weighted by molar-refractivity contribution is 9.10. The molecular weight excluding hydrogens is 404 g/mol. The van der Waals surface area contributed by atoms with Gasteiger partial charge in [0.15, 0.2) is 11.5 Å². The first-order chi connectivity index (χ1) is 12.6. The number of likely N-dealkylation sites (tertiary alicyclic amines) is 1. The second kappa shape index (κ2) is 7.82. The summed E-state index contributed by atoms with van der Waals surface area (Å²) in [5, 5.41) is 0. The number of rotatable bonds is 6. The van der Waals surface area contributed by atoms with E-state index in [9.17, 15) is 4.79 Å². The first kappa shape index (κ1) is 18.3. The van der Waals surface area contributed by atoms with Crippen molar-refractivity contribution in [2.75, 3.05) is 34.4 Å². The molecule has 8 heteroatoms. The van der Waals surface area contributed by atoms with Crippen molar-refractivity contribution in [1.82, 2.24) is 9.88 Å². The summed E-state index contributed by atoms with van der Waals surface area (Å²) in [5.74, 6) is 1.75. The summed E-state index contributed by atoms with van der Waals surface area (Å²) in [5.41, 5.74) is 0.469. The van der Waals surface area contributed by atoms with E-state index in [2.05, 4.69) is 20.9 Å². The number of hydrogen-bond acceptors (Lipinski definition) is 6. The van der Waals surface area contributed by atoms with E-state index in [1.165, 1.54) is 21.3 Å². The Morgan fingerprint density at radius 3 is 2.35 bits per heavy atom. The Bertz CT molecular complexity index is 783. The van der Waals surface area contributed by atoms with E-state index in [0.29, 0.717) is 41.8 Å². The normalized spacial score (nSPS) is 13.8. The first-order valence-corrected chi connectivity index (χ1v) is 8.73. The smallest absolute Gasteiger partial charge is 0.254 e. The van der Waals surface area contributed by atoms with Crippen LogP contribution in [0.3, 0.4) is 0 Å². The Morgan fingerprint density at radius 2 is 1.81 bits per heavy atom. The van der Waals surface area contributed by atoms with Crippen molar-refractivity contribution in [2.24, 2.45) is 0 Å². The number of hydrogen-bond donors (Lipinski definition) is 0. The molecule has 1 aliphatic rings. The lowest BCUT2D eigenvalue weighted by Gasteiger charge is -2.38. The third-order valence-corrected chi connectivity index (χ3v) is 4.65. The molecule has 1 amide bonds. The topological polar surface area (TPSA) is 70.1 Å². The molecule has 1 aromatic carbocycles. The summed E-state index contributed by atoms with van der Waals surface area (Å²) >= 11 is 3.40. The highest BCUT2D eigenvalue weighted by Crippen LogP contribution is 2.38. The minimum absolute atomic E-state index is 0.0906. The molecule has 0 atom stereocenters. The quantitative estimate of drug-likeness (QED) is 0.712. The van der Waals surface area contributed by atoms with E-state index in [0.717, 1.165) is 4.47 Å². The van der Waals surface area contributed by atoms with Gasteiger partial charge in [-0.3, -0.25) is 4.79 Å². The number of ether oxygens (including phenoxy) is 4. The molecule has 1 saturated heterocycles. The standard InChI is InChI=1S/C18H19BrN2O5/c1-23-14-7-11(8-15(24-2)16(14)25-3)18(22)21-9-12(10-21)26-17-13(19)5-4-6-20-17/h4-8,12H,9-10H2,1-3H3. The third kappa shape index (κ3) is 3.55. The molecule has 0 bridgehead atoms. The van der Waals surface area contributed by atoms with Crippen molar-refractivity contribution in [1.29, 1.82) is 0 Å². The van der Waals surface area contributed by atoms with Crippen LogP contribution in [0, 0.1) is 0 Å². The molecule has 3 rings (SSSR count). The maximum Gasteiger partial charge on any atom is 0.254 e. The maximum absolute atomic E-state index is 12.7. The van der Waals surface area contributed by atoms with Gasteiger partial charge >= 0.3 is 0 Å². The average Bonchev–Trinajstić information content (AvgIpc) is 2.63. The van der Waals surface area contributed by atoms with E-state index in [4.69, 9.17) is 18.9 Å². The van der Waals surface area contributed by atoms with Crippen molar-refractivity contribution in [2.45, 2.75) is 6.10 Å². The summed E-state index contributed by atoms with van der Waals surface area (Å²) in [6, 6.07) is 6.97. The lowest BCUT2D eigenvalue weighted by Crippen LogP contribution is -2.56. The fourth-order valence-electron chi connectivity index (χ4n) is 2.68. The SMILES string of the molecule is COc1cc(C(=O)N2CC(Oc3ncccc3Br)C2)cc(OC)c1OC. The van der Waals surface area contributed by atoms with Crippen LogP contribution in [0.15, 0.2) is 34.9 Å². The van der Waals surface area contributed by atoms with Crippen LogP contribution in [0.25, 0.3) is 0 Å². The van der Waals surface area contributed by atoms with Crippen LogP contribution in [0.4, 0.5) is 0 Å². The number of nitrogens with zero attached hydrogens (tertiary/aromatic N) is 2. The molecule has 1 aliphatic heterocycles. The van der Waals surface area contributed by atoms with Crippen molar-refractivity contribution < 1.29 is 23.7 Å². The molecule has 26 heavy (non-hydrogen) atoms. The number of carbonyl (C=O) groups is 1. The minimum Gasteiger partial charge on any atom is -0.493 e. The molecule has 0 unspecified atom stereocenters. The first-order valence-electron chi connectivity index (χ1n) is 7.93. The zero-order valence-electron chi connectivity index (χ0n) is 14.7. The fourth-order valence-corrected chi connectivity index (χ4v) is 3.03. The summed E-state index contributed by atoms with van der Waals surface area (Å²) < 4.78 is 22.5. The van der Waals surface area contributed by atoms with Gasteiger partial charge in [-0.05, 0) is 40.2 Å². The lowest BCUT2D eigenvalue weighted by molar-refractivity contribution is 0.0156. The molecular formula is C18H19BrN2O5. The van der Waals surface area contributed by atoms with Crippen molar-refractivity contribution in [3.8, 4) is 23.1 Å². The largest absolute Gasteiger partial charge is 0.493 e. The third-order valence-electron chi connectivity index (χ3n) is 4.05. The number of amides is 1. The van der Waals surface area contributed by atoms with Gasteiger partial charge in [0.05, 0.1) is 38.9 Å². The number of benzene rings is 1. The molecule has 0 aliphatic carbocycles. The van der Waals surface area contributed by atoms with Gasteiger partial charge in [-0.15, -0.1) is 0 Å². The monoisotopic (exact) mass is 422 g/mol. The van der Waals surface area contributed by atoms with Gasteiger partial charge in [-0.25, -0.2) is 4.98 Å². The average molecular weight is 423 g/mol. The lowest BCUT2D eigenvalue weighted by atomic mass is 10.1. The predicted molar refractivity (Wildman–Crippen MR) is 98.4 cm³/mol. The van der Waals surface area contributed by atoms with Crippen LogP contribution < -0.4 is 18.9 Å². The zero-order chi connectivity index (χ0) is 18.7. The van der Waals surface area contributed by atoms with Crippen LogP contribution in [-0.4, -0.2) is 56.3 Å². The van der Waals surface area contributed by atoms with Crippen LogP contribution >= 0.6 is 15.9 Å². The Balaban J connectivity index is 1.69. The van der Waals surface area contributed by atoms with Gasteiger partial charge in [-0.1, -0.05) is 0 Å². The van der Waals surface area contributed by atoms with Crippen molar-refractivity contribution >= 4 is 21.8 Å². The van der Waals surface area contributed by atoms with Gasteiger partial charge in [0.2, 0.25) is 11.6 Å². The molecule has 1 aromatic heterocycles. The zero-order valence-corrected chi connectivity index (χ0v) is 16.3. The van der Waals surface area contributed by atoms with E-state index in [1.54, 1.807) is 23.2 Å². The van der Waals surface area contributed by atoms with Gasteiger partial charge in [0.1, 0.15) is 6.10 Å². The van der Waals surface area contributed by atoms with Gasteiger partial charge < -0.3 is 23.8 Å². The van der Waals surface area contributed by atoms with E-state index < -0.39 is 0 Å². The Kier molecular flexibility index (Phi) is 5.51. The molecule has 2 heterocycles. The molecule has 0 spiro atoms. The number of halogens is 1. The molecule has 0 saturated carbocycles. The Labute approximate surface area is 159 Å². The molecule has 7 nitrogen and oxygen atoms in total. The Morgan fingerprint density at radius 1 is 1.15 bits per heavy atom. The molecule has 0 radical (unpaired) electrons. The van der Waals surface area contributed by atoms with E-state index in [-0.39, 0.29) is 12.0 Å². The second-order valence-electron chi connectivity index (χ2n) is 5.65. The summed E-state index contributed by atoms with van der Waals surface area (Å²) in [4.78, 5) is 18.6.